The second-order valence-electron chi connectivity index (χ2n) is 3.13. The van der Waals surface area contributed by atoms with Gasteiger partial charge in [0.2, 0.25) is 0 Å². The molecule has 3 nitrogen and oxygen atoms in total. The summed E-state index contributed by atoms with van der Waals surface area (Å²) in [5.41, 5.74) is -4.71. The molecule has 0 saturated carbocycles. The van der Waals surface area contributed by atoms with Crippen molar-refractivity contribution in [2.45, 2.75) is 17.2 Å². The molecule has 1 aromatic carbocycles. The molecule has 0 aliphatic rings. The monoisotopic (exact) mass is 293 g/mol. The van der Waals surface area contributed by atoms with Crippen molar-refractivity contribution in [1.29, 1.82) is 0 Å². The van der Waals surface area contributed by atoms with Crippen molar-refractivity contribution in [2.75, 3.05) is 0 Å². The SMILES string of the molecule is O=S(=O)([O-])c1cccc(C(F)(F)F)c1C(F)(F)F. The molecule has 0 spiro atoms. The Morgan fingerprint density at radius 3 is 1.78 bits per heavy atom. The van der Waals surface area contributed by atoms with Gasteiger partial charge in [0.1, 0.15) is 10.1 Å². The predicted octanol–water partition coefficient (Wildman–Crippen LogP) is 2.63. The van der Waals surface area contributed by atoms with Crippen LogP contribution in [0.5, 0.6) is 0 Å². The van der Waals surface area contributed by atoms with E-state index in [0.717, 1.165) is 0 Å². The summed E-state index contributed by atoms with van der Waals surface area (Å²) in [5.74, 6) is 0. The fourth-order valence-corrected chi connectivity index (χ4v) is 1.99. The van der Waals surface area contributed by atoms with Crippen molar-refractivity contribution in [3.63, 3.8) is 0 Å². The van der Waals surface area contributed by atoms with Crippen LogP contribution < -0.4 is 0 Å². The second kappa shape index (κ2) is 4.12. The summed E-state index contributed by atoms with van der Waals surface area (Å²) in [7, 11) is -5.67. The molecule has 0 N–H and O–H groups in total. The summed E-state index contributed by atoms with van der Waals surface area (Å²) in [6.07, 6.45) is -11.0. The minimum Gasteiger partial charge on any atom is -0.744 e. The lowest BCUT2D eigenvalue weighted by molar-refractivity contribution is -0.163. The first-order valence-electron chi connectivity index (χ1n) is 4.08. The molecule has 0 aliphatic heterocycles. The molecule has 0 heterocycles. The van der Waals surface area contributed by atoms with Gasteiger partial charge in [-0.2, -0.15) is 26.3 Å². The second-order valence-corrected chi connectivity index (χ2v) is 4.48. The number of hydrogen-bond acceptors (Lipinski definition) is 3. The van der Waals surface area contributed by atoms with Gasteiger partial charge in [0.05, 0.1) is 16.0 Å². The molecule has 0 atom stereocenters. The van der Waals surface area contributed by atoms with E-state index in [2.05, 4.69) is 0 Å². The van der Waals surface area contributed by atoms with E-state index in [1.807, 2.05) is 0 Å². The fraction of sp³-hybridized carbons (Fsp3) is 0.250. The molecule has 18 heavy (non-hydrogen) atoms. The third-order valence-electron chi connectivity index (χ3n) is 1.88. The lowest BCUT2D eigenvalue weighted by atomic mass is 10.1. The van der Waals surface area contributed by atoms with E-state index in [1.54, 1.807) is 0 Å². The van der Waals surface area contributed by atoms with Crippen LogP contribution in [0.25, 0.3) is 0 Å². The van der Waals surface area contributed by atoms with E-state index in [4.69, 9.17) is 0 Å². The summed E-state index contributed by atoms with van der Waals surface area (Å²) in [4.78, 5) is -1.94. The maximum absolute atomic E-state index is 12.5. The van der Waals surface area contributed by atoms with E-state index in [1.165, 1.54) is 0 Å². The number of halogens is 6. The molecule has 0 radical (unpaired) electrons. The molecule has 102 valence electrons. The van der Waals surface area contributed by atoms with Crippen LogP contribution >= 0.6 is 0 Å². The summed E-state index contributed by atoms with van der Waals surface area (Å²) < 4.78 is 106. The highest BCUT2D eigenvalue weighted by atomic mass is 32.2. The van der Waals surface area contributed by atoms with E-state index in [0.29, 0.717) is 6.07 Å². The van der Waals surface area contributed by atoms with Crippen LogP contribution in [0.3, 0.4) is 0 Å². The van der Waals surface area contributed by atoms with Crippen molar-refractivity contribution >= 4 is 10.1 Å². The molecule has 0 saturated heterocycles. The summed E-state index contributed by atoms with van der Waals surface area (Å²) in [6, 6.07) is 0.654. The molecule has 1 rings (SSSR count). The highest BCUT2D eigenvalue weighted by molar-refractivity contribution is 7.85. The normalized spacial score (nSPS) is 13.7. The van der Waals surface area contributed by atoms with Gasteiger partial charge in [-0.05, 0) is 12.1 Å². The first-order valence-corrected chi connectivity index (χ1v) is 5.49. The zero-order valence-electron chi connectivity index (χ0n) is 8.13. The lowest BCUT2D eigenvalue weighted by Crippen LogP contribution is -2.20. The van der Waals surface area contributed by atoms with Crippen molar-refractivity contribution in [3.8, 4) is 0 Å². The number of hydrogen-bond donors (Lipinski definition) is 0. The zero-order valence-corrected chi connectivity index (χ0v) is 8.95. The molecular formula is C8H3F6O3S-. The number of rotatable bonds is 1. The van der Waals surface area contributed by atoms with Gasteiger partial charge in [-0.3, -0.25) is 0 Å². The Kier molecular flexibility index (Phi) is 3.38. The zero-order chi connectivity index (χ0) is 14.4. The highest BCUT2D eigenvalue weighted by Crippen LogP contribution is 2.43. The molecule has 10 heteroatoms. The maximum Gasteiger partial charge on any atom is 0.418 e. The minimum absolute atomic E-state index is 0.0531. The van der Waals surface area contributed by atoms with Gasteiger partial charge in [0.25, 0.3) is 0 Å². The summed E-state index contributed by atoms with van der Waals surface area (Å²) in [5, 5.41) is 0. The van der Waals surface area contributed by atoms with Crippen molar-refractivity contribution in [2.24, 2.45) is 0 Å². The van der Waals surface area contributed by atoms with Crippen molar-refractivity contribution in [3.05, 3.63) is 29.3 Å². The molecular weight excluding hydrogens is 290 g/mol. The molecule has 0 unspecified atom stereocenters. The molecule has 0 amide bonds. The maximum atomic E-state index is 12.5. The van der Waals surface area contributed by atoms with Gasteiger partial charge in [0.15, 0.2) is 0 Å². The first kappa shape index (κ1) is 14.8. The first-order chi connectivity index (χ1) is 7.85. The summed E-state index contributed by atoms with van der Waals surface area (Å²) in [6.45, 7) is 0. The minimum atomic E-state index is -5.67. The van der Waals surface area contributed by atoms with Crippen LogP contribution in [0.15, 0.2) is 23.1 Å². The Balaban J connectivity index is 3.79. The van der Waals surface area contributed by atoms with Crippen molar-refractivity contribution < 1.29 is 39.3 Å². The quantitative estimate of drug-likeness (QED) is 0.591. The largest absolute Gasteiger partial charge is 0.744 e. The van der Waals surface area contributed by atoms with Crippen LogP contribution in [0, 0.1) is 0 Å². The van der Waals surface area contributed by atoms with Crippen LogP contribution in [0.4, 0.5) is 26.3 Å². The smallest absolute Gasteiger partial charge is 0.418 e. The highest BCUT2D eigenvalue weighted by Gasteiger charge is 2.45. The van der Waals surface area contributed by atoms with Crippen molar-refractivity contribution in [1.82, 2.24) is 0 Å². The van der Waals surface area contributed by atoms with Crippen LogP contribution in [0.1, 0.15) is 11.1 Å². The Morgan fingerprint density at radius 1 is 0.944 bits per heavy atom. The van der Waals surface area contributed by atoms with E-state index in [9.17, 15) is 39.3 Å². The van der Waals surface area contributed by atoms with Crippen LogP contribution in [-0.4, -0.2) is 13.0 Å². The third-order valence-corrected chi connectivity index (χ3v) is 2.76. The Labute approximate surface area is 96.8 Å². The average molecular weight is 293 g/mol. The van der Waals surface area contributed by atoms with Crippen LogP contribution in [0.2, 0.25) is 0 Å². The Morgan fingerprint density at radius 2 is 1.44 bits per heavy atom. The lowest BCUT2D eigenvalue weighted by Gasteiger charge is -2.20. The summed E-state index contributed by atoms with van der Waals surface area (Å²) >= 11 is 0. The van der Waals surface area contributed by atoms with Crippen LogP contribution in [-0.2, 0) is 22.5 Å². The fourth-order valence-electron chi connectivity index (χ4n) is 1.27. The molecule has 0 aliphatic carbocycles. The standard InChI is InChI=1S/C8H4F6O3S/c9-7(10,11)4-2-1-3-5(18(15,16)17)6(4)8(12,13)14/h1-3H,(H,15,16,17)/p-1. The molecule has 0 fully saturated rings. The Bertz CT molecular complexity index is 557. The van der Waals surface area contributed by atoms with Gasteiger partial charge < -0.3 is 4.55 Å². The van der Waals surface area contributed by atoms with E-state index >= 15 is 0 Å². The van der Waals surface area contributed by atoms with Gasteiger partial charge in [-0.1, -0.05) is 6.07 Å². The van der Waals surface area contributed by atoms with E-state index in [-0.39, 0.29) is 12.1 Å². The van der Waals surface area contributed by atoms with Gasteiger partial charge in [-0.25, -0.2) is 8.42 Å². The molecule has 0 aromatic heterocycles. The van der Waals surface area contributed by atoms with E-state index < -0.39 is 38.5 Å². The van der Waals surface area contributed by atoms with Gasteiger partial charge in [0, 0.05) is 0 Å². The van der Waals surface area contributed by atoms with Gasteiger partial charge in [-0.15, -0.1) is 0 Å². The molecule has 0 bridgehead atoms. The van der Waals surface area contributed by atoms with Gasteiger partial charge >= 0.3 is 12.4 Å². The average Bonchev–Trinajstić information content (AvgIpc) is 2.12. The number of benzene rings is 1. The molecule has 1 aromatic rings. The number of alkyl halides is 6. The Hall–Kier alpha value is -1.29. The topological polar surface area (TPSA) is 57.2 Å². The predicted molar refractivity (Wildman–Crippen MR) is 44.4 cm³/mol. The third kappa shape index (κ3) is 2.93.